The molecule has 19 heavy (non-hydrogen) atoms. The van der Waals surface area contributed by atoms with Crippen LogP contribution in [0.25, 0.3) is 0 Å². The summed E-state index contributed by atoms with van der Waals surface area (Å²) in [6.07, 6.45) is 7.83. The fourth-order valence-electron chi connectivity index (χ4n) is 2.59. The molecule has 5 heteroatoms. The Labute approximate surface area is 113 Å². The van der Waals surface area contributed by atoms with E-state index >= 15 is 0 Å². The van der Waals surface area contributed by atoms with Crippen LogP contribution in [0.3, 0.4) is 0 Å². The van der Waals surface area contributed by atoms with Crippen molar-refractivity contribution in [2.24, 2.45) is 16.8 Å². The number of amidine groups is 1. The van der Waals surface area contributed by atoms with Crippen LogP contribution in [-0.4, -0.2) is 22.1 Å². The van der Waals surface area contributed by atoms with E-state index in [2.05, 4.69) is 17.1 Å². The second kappa shape index (κ2) is 6.41. The lowest BCUT2D eigenvalue weighted by Gasteiger charge is -2.29. The first-order chi connectivity index (χ1) is 9.22. The van der Waals surface area contributed by atoms with Crippen LogP contribution in [0.2, 0.25) is 0 Å². The smallest absolute Gasteiger partial charge is 0.188 e. The number of pyridine rings is 1. The van der Waals surface area contributed by atoms with Gasteiger partial charge in [-0.1, -0.05) is 24.9 Å². The molecule has 2 unspecified atom stereocenters. The van der Waals surface area contributed by atoms with Crippen LogP contribution in [-0.2, 0) is 0 Å². The number of ether oxygens (including phenoxy) is 1. The van der Waals surface area contributed by atoms with E-state index in [9.17, 15) is 0 Å². The van der Waals surface area contributed by atoms with Crippen molar-refractivity contribution in [3.05, 3.63) is 24.0 Å². The molecule has 104 valence electrons. The zero-order valence-electron chi connectivity index (χ0n) is 11.2. The molecule has 5 nitrogen and oxygen atoms in total. The van der Waals surface area contributed by atoms with E-state index < -0.39 is 0 Å². The summed E-state index contributed by atoms with van der Waals surface area (Å²) in [6, 6.07) is 3.52. The van der Waals surface area contributed by atoms with Gasteiger partial charge in [-0.25, -0.2) is 0 Å². The molecule has 0 amide bonds. The molecule has 0 spiro atoms. The zero-order valence-corrected chi connectivity index (χ0v) is 11.2. The fourth-order valence-corrected chi connectivity index (χ4v) is 2.59. The highest BCUT2D eigenvalue weighted by Crippen LogP contribution is 2.29. The number of nitrogens with two attached hydrogens (primary N) is 1. The molecule has 0 radical (unpaired) electrons. The third kappa shape index (κ3) is 3.59. The molecular weight excluding hydrogens is 242 g/mol. The summed E-state index contributed by atoms with van der Waals surface area (Å²) < 4.78 is 5.99. The molecule has 0 aliphatic heterocycles. The van der Waals surface area contributed by atoms with E-state index in [1.165, 1.54) is 19.3 Å². The van der Waals surface area contributed by atoms with E-state index in [-0.39, 0.29) is 11.9 Å². The maximum absolute atomic E-state index is 8.65. The summed E-state index contributed by atoms with van der Waals surface area (Å²) in [4.78, 5) is 4.04. The molecule has 0 bridgehead atoms. The van der Waals surface area contributed by atoms with E-state index in [0.29, 0.717) is 5.69 Å². The average Bonchev–Trinajstić information content (AvgIpc) is 2.47. The standard InChI is InChI=1S/C14H21N3O2/c1-2-10-4-3-5-11(8-10)19-12-6-7-16-13(9-12)14(15)17-18/h6-7,9-11,18H,2-5,8H2,1H3,(H2,15,17). The SMILES string of the molecule is CCC1CCCC(Oc2ccnc(C(N)=NO)c2)C1. The van der Waals surface area contributed by atoms with Crippen molar-refractivity contribution in [1.29, 1.82) is 0 Å². The lowest BCUT2D eigenvalue weighted by Crippen LogP contribution is -2.25. The van der Waals surface area contributed by atoms with Crippen molar-refractivity contribution < 1.29 is 9.94 Å². The third-order valence-electron chi connectivity index (χ3n) is 3.72. The first kappa shape index (κ1) is 13.6. The van der Waals surface area contributed by atoms with Crippen molar-refractivity contribution in [3.63, 3.8) is 0 Å². The van der Waals surface area contributed by atoms with E-state index in [0.717, 1.165) is 24.5 Å². The molecular formula is C14H21N3O2. The maximum Gasteiger partial charge on any atom is 0.188 e. The second-order valence-electron chi connectivity index (χ2n) is 5.04. The Bertz CT molecular complexity index is 448. The van der Waals surface area contributed by atoms with E-state index in [1.807, 2.05) is 6.07 Å². The van der Waals surface area contributed by atoms with Crippen LogP contribution < -0.4 is 10.5 Å². The second-order valence-corrected chi connectivity index (χ2v) is 5.04. The first-order valence-electron chi connectivity index (χ1n) is 6.83. The summed E-state index contributed by atoms with van der Waals surface area (Å²) >= 11 is 0. The van der Waals surface area contributed by atoms with Gasteiger partial charge < -0.3 is 15.7 Å². The van der Waals surface area contributed by atoms with Crippen molar-refractivity contribution in [1.82, 2.24) is 4.98 Å². The molecule has 1 heterocycles. The van der Waals surface area contributed by atoms with Gasteiger partial charge >= 0.3 is 0 Å². The number of hydrogen-bond donors (Lipinski definition) is 2. The van der Waals surface area contributed by atoms with Gasteiger partial charge in [0.25, 0.3) is 0 Å². The van der Waals surface area contributed by atoms with Gasteiger partial charge in [0.2, 0.25) is 0 Å². The van der Waals surface area contributed by atoms with Crippen LogP contribution in [0.1, 0.15) is 44.7 Å². The Morgan fingerprint density at radius 1 is 1.58 bits per heavy atom. The molecule has 1 aromatic heterocycles. The van der Waals surface area contributed by atoms with Gasteiger partial charge in [0.15, 0.2) is 5.84 Å². The Morgan fingerprint density at radius 2 is 2.42 bits per heavy atom. The van der Waals surface area contributed by atoms with Gasteiger partial charge in [-0.05, 0) is 31.2 Å². The van der Waals surface area contributed by atoms with Gasteiger partial charge in [0.05, 0.1) is 6.10 Å². The molecule has 0 saturated heterocycles. The highest BCUT2D eigenvalue weighted by atomic mass is 16.5. The minimum absolute atomic E-state index is 0.000490. The summed E-state index contributed by atoms with van der Waals surface area (Å²) in [7, 11) is 0. The fraction of sp³-hybridized carbons (Fsp3) is 0.571. The third-order valence-corrected chi connectivity index (χ3v) is 3.72. The van der Waals surface area contributed by atoms with Crippen molar-refractivity contribution in [3.8, 4) is 5.75 Å². The van der Waals surface area contributed by atoms with Gasteiger partial charge in [-0.3, -0.25) is 4.98 Å². The molecule has 1 aliphatic carbocycles. The van der Waals surface area contributed by atoms with Crippen LogP contribution in [0.15, 0.2) is 23.5 Å². The Kier molecular flexibility index (Phi) is 4.60. The first-order valence-corrected chi connectivity index (χ1v) is 6.83. The predicted octanol–water partition coefficient (Wildman–Crippen LogP) is 2.52. The largest absolute Gasteiger partial charge is 0.490 e. The lowest BCUT2D eigenvalue weighted by molar-refractivity contribution is 0.122. The van der Waals surface area contributed by atoms with Crippen LogP contribution in [0, 0.1) is 5.92 Å². The molecule has 0 aromatic carbocycles. The van der Waals surface area contributed by atoms with Gasteiger partial charge in [0.1, 0.15) is 11.4 Å². The van der Waals surface area contributed by atoms with Crippen LogP contribution in [0.4, 0.5) is 0 Å². The summed E-state index contributed by atoms with van der Waals surface area (Å²) in [5.74, 6) is 1.50. The number of nitrogens with zero attached hydrogens (tertiary/aromatic N) is 2. The van der Waals surface area contributed by atoms with E-state index in [4.69, 9.17) is 15.7 Å². The normalized spacial score (nSPS) is 24.2. The van der Waals surface area contributed by atoms with Gasteiger partial charge in [0, 0.05) is 12.3 Å². The Hall–Kier alpha value is -1.78. The molecule has 2 atom stereocenters. The van der Waals surface area contributed by atoms with Crippen molar-refractivity contribution >= 4 is 5.84 Å². The van der Waals surface area contributed by atoms with Crippen molar-refractivity contribution in [2.45, 2.75) is 45.1 Å². The molecule has 1 fully saturated rings. The summed E-state index contributed by atoms with van der Waals surface area (Å²) in [5.41, 5.74) is 5.96. The van der Waals surface area contributed by atoms with Crippen molar-refractivity contribution in [2.75, 3.05) is 0 Å². The number of hydrogen-bond acceptors (Lipinski definition) is 4. The number of aromatic nitrogens is 1. The van der Waals surface area contributed by atoms with E-state index in [1.54, 1.807) is 12.3 Å². The van der Waals surface area contributed by atoms with Gasteiger partial charge in [-0.15, -0.1) is 0 Å². The zero-order chi connectivity index (χ0) is 13.7. The maximum atomic E-state index is 8.65. The van der Waals surface area contributed by atoms with Crippen LogP contribution >= 0.6 is 0 Å². The molecule has 1 aromatic rings. The minimum Gasteiger partial charge on any atom is -0.490 e. The monoisotopic (exact) mass is 263 g/mol. The number of oxime groups is 1. The minimum atomic E-state index is 0.000490. The summed E-state index contributed by atoms with van der Waals surface area (Å²) in [6.45, 7) is 2.23. The quantitative estimate of drug-likeness (QED) is 0.378. The molecule has 1 aliphatic rings. The number of rotatable bonds is 4. The molecule has 1 saturated carbocycles. The lowest BCUT2D eigenvalue weighted by atomic mass is 9.85. The topological polar surface area (TPSA) is 80.7 Å². The molecule has 3 N–H and O–H groups in total. The van der Waals surface area contributed by atoms with Crippen LogP contribution in [0.5, 0.6) is 5.75 Å². The highest BCUT2D eigenvalue weighted by molar-refractivity contribution is 5.95. The molecule has 2 rings (SSSR count). The predicted molar refractivity (Wildman–Crippen MR) is 73.4 cm³/mol. The van der Waals surface area contributed by atoms with Gasteiger partial charge in [-0.2, -0.15) is 0 Å². The highest BCUT2D eigenvalue weighted by Gasteiger charge is 2.22. The Morgan fingerprint density at radius 3 is 3.16 bits per heavy atom. The Balaban J connectivity index is 2.02. The average molecular weight is 263 g/mol. The summed E-state index contributed by atoms with van der Waals surface area (Å²) in [5, 5.41) is 11.6.